The van der Waals surface area contributed by atoms with E-state index in [9.17, 15) is 0 Å². The third kappa shape index (κ3) is 3.16. The predicted octanol–water partition coefficient (Wildman–Crippen LogP) is 4.37. The molecule has 0 unspecified atom stereocenters. The number of nitrogens with zero attached hydrogens (tertiary/aromatic N) is 3. The zero-order valence-corrected chi connectivity index (χ0v) is 14.5. The van der Waals surface area contributed by atoms with E-state index in [0.717, 1.165) is 33.0 Å². The van der Waals surface area contributed by atoms with Gasteiger partial charge in [-0.25, -0.2) is 15.0 Å². The number of benzene rings is 1. The van der Waals surface area contributed by atoms with Gasteiger partial charge in [0.2, 0.25) is 5.88 Å². The highest BCUT2D eigenvalue weighted by atomic mass is 32.1. The molecule has 0 saturated carbocycles. The Morgan fingerprint density at radius 2 is 1.96 bits per heavy atom. The van der Waals surface area contributed by atoms with E-state index in [4.69, 9.17) is 9.72 Å². The first-order chi connectivity index (χ1) is 12.3. The lowest BCUT2D eigenvalue weighted by molar-refractivity contribution is 0.393. The molecule has 4 aromatic rings. The van der Waals surface area contributed by atoms with E-state index in [1.54, 1.807) is 24.6 Å². The smallest absolute Gasteiger partial charge is 0.218 e. The molecule has 0 bridgehead atoms. The van der Waals surface area contributed by atoms with E-state index in [1.807, 2.05) is 53.9 Å². The molecule has 0 radical (unpaired) electrons. The minimum Gasteiger partial charge on any atom is -0.481 e. The molecule has 0 aliphatic rings. The van der Waals surface area contributed by atoms with Crippen LogP contribution in [0.15, 0.2) is 60.1 Å². The molecule has 0 fully saturated rings. The van der Waals surface area contributed by atoms with Crippen molar-refractivity contribution in [3.63, 3.8) is 0 Å². The maximum Gasteiger partial charge on any atom is 0.218 e. The number of fused-ring (bicyclic) bond motifs is 1. The lowest BCUT2D eigenvalue weighted by atomic mass is 10.2. The third-order valence-corrected chi connectivity index (χ3v) is 4.70. The number of nitrogens with one attached hydrogen (secondary N) is 1. The minimum atomic E-state index is 0.571. The van der Waals surface area contributed by atoms with Crippen molar-refractivity contribution >= 4 is 28.1 Å². The van der Waals surface area contributed by atoms with Crippen LogP contribution < -0.4 is 10.1 Å². The Labute approximate surface area is 149 Å². The van der Waals surface area contributed by atoms with Crippen LogP contribution in [0.3, 0.4) is 0 Å². The molecule has 25 heavy (non-hydrogen) atoms. The molecule has 1 aromatic carbocycles. The number of aromatic nitrogens is 3. The van der Waals surface area contributed by atoms with Crippen LogP contribution in [0.4, 0.5) is 5.82 Å². The van der Waals surface area contributed by atoms with Crippen LogP contribution in [-0.4, -0.2) is 22.1 Å². The van der Waals surface area contributed by atoms with Crippen LogP contribution in [0, 0.1) is 0 Å². The molecule has 0 amide bonds. The summed E-state index contributed by atoms with van der Waals surface area (Å²) in [7, 11) is 1.63. The van der Waals surface area contributed by atoms with Gasteiger partial charge >= 0.3 is 0 Å². The quantitative estimate of drug-likeness (QED) is 0.580. The van der Waals surface area contributed by atoms with E-state index >= 15 is 0 Å². The number of pyridine rings is 1. The first-order valence-electron chi connectivity index (χ1n) is 7.87. The van der Waals surface area contributed by atoms with Crippen LogP contribution in [0.5, 0.6) is 5.88 Å². The molecule has 0 spiro atoms. The monoisotopic (exact) mass is 348 g/mol. The van der Waals surface area contributed by atoms with Gasteiger partial charge in [0.1, 0.15) is 5.82 Å². The number of para-hydroxylation sites is 1. The third-order valence-electron chi connectivity index (χ3n) is 3.83. The highest BCUT2D eigenvalue weighted by molar-refractivity contribution is 7.13. The van der Waals surface area contributed by atoms with Crippen LogP contribution in [0.2, 0.25) is 0 Å². The summed E-state index contributed by atoms with van der Waals surface area (Å²) in [6, 6.07) is 15.9. The largest absolute Gasteiger partial charge is 0.481 e. The van der Waals surface area contributed by atoms with Gasteiger partial charge in [-0.3, -0.25) is 0 Å². The number of methoxy groups -OCH3 is 1. The SMILES string of the molecule is COc1ncccc1CNc1nc(-c2cccs2)nc2ccccc12. The van der Waals surface area contributed by atoms with Gasteiger partial charge in [0.15, 0.2) is 5.82 Å². The molecule has 0 aliphatic carbocycles. The van der Waals surface area contributed by atoms with Gasteiger partial charge in [-0.05, 0) is 29.6 Å². The predicted molar refractivity (Wildman–Crippen MR) is 101 cm³/mol. The normalized spacial score (nSPS) is 10.8. The molecule has 1 N–H and O–H groups in total. The molecule has 4 rings (SSSR count). The molecule has 0 saturated heterocycles. The number of hydrogen-bond acceptors (Lipinski definition) is 6. The molecule has 3 heterocycles. The number of rotatable bonds is 5. The van der Waals surface area contributed by atoms with Crippen molar-refractivity contribution in [2.45, 2.75) is 6.54 Å². The van der Waals surface area contributed by atoms with Crippen molar-refractivity contribution in [2.24, 2.45) is 0 Å². The highest BCUT2D eigenvalue weighted by Crippen LogP contribution is 2.28. The number of ether oxygens (including phenoxy) is 1. The van der Waals surface area contributed by atoms with Crippen LogP contribution in [0.25, 0.3) is 21.6 Å². The zero-order valence-electron chi connectivity index (χ0n) is 13.6. The van der Waals surface area contributed by atoms with E-state index in [2.05, 4.69) is 15.3 Å². The van der Waals surface area contributed by atoms with E-state index < -0.39 is 0 Å². The number of hydrogen-bond donors (Lipinski definition) is 1. The molecule has 0 aliphatic heterocycles. The maximum atomic E-state index is 5.32. The molecule has 0 atom stereocenters. The van der Waals surface area contributed by atoms with Crippen molar-refractivity contribution in [3.05, 3.63) is 65.7 Å². The standard InChI is InChI=1S/C19H16N4OS/c1-24-19-13(6-4-10-20-19)12-21-17-14-7-2-3-8-15(14)22-18(23-17)16-9-5-11-25-16/h2-11H,12H2,1H3,(H,21,22,23). The number of thiophene rings is 1. The van der Waals surface area contributed by atoms with E-state index in [-0.39, 0.29) is 0 Å². The fourth-order valence-corrected chi connectivity index (χ4v) is 3.31. The van der Waals surface area contributed by atoms with Crippen LogP contribution in [0.1, 0.15) is 5.56 Å². The molecular formula is C19H16N4OS. The van der Waals surface area contributed by atoms with Crippen molar-refractivity contribution in [1.82, 2.24) is 15.0 Å². The number of anilines is 1. The summed E-state index contributed by atoms with van der Waals surface area (Å²) in [6.07, 6.45) is 1.72. The van der Waals surface area contributed by atoms with Gasteiger partial charge in [0.05, 0.1) is 17.5 Å². The van der Waals surface area contributed by atoms with Crippen molar-refractivity contribution < 1.29 is 4.74 Å². The van der Waals surface area contributed by atoms with E-state index in [1.165, 1.54) is 0 Å². The van der Waals surface area contributed by atoms with Crippen LogP contribution >= 0.6 is 11.3 Å². The minimum absolute atomic E-state index is 0.571. The van der Waals surface area contributed by atoms with Gasteiger partial charge in [0.25, 0.3) is 0 Å². The fraction of sp³-hybridized carbons (Fsp3) is 0.105. The summed E-state index contributed by atoms with van der Waals surface area (Å²) in [6.45, 7) is 0.571. The second-order valence-electron chi connectivity index (χ2n) is 5.42. The van der Waals surface area contributed by atoms with Crippen molar-refractivity contribution in [1.29, 1.82) is 0 Å². The molecule has 3 aromatic heterocycles. The fourth-order valence-electron chi connectivity index (χ4n) is 2.65. The Hall–Kier alpha value is -2.99. The Kier molecular flexibility index (Phi) is 4.26. The van der Waals surface area contributed by atoms with Crippen molar-refractivity contribution in [3.8, 4) is 16.6 Å². The molecular weight excluding hydrogens is 332 g/mol. The zero-order chi connectivity index (χ0) is 17.1. The Balaban J connectivity index is 1.73. The summed E-state index contributed by atoms with van der Waals surface area (Å²) in [5.74, 6) is 2.15. The topological polar surface area (TPSA) is 59.9 Å². The van der Waals surface area contributed by atoms with Crippen molar-refractivity contribution in [2.75, 3.05) is 12.4 Å². The lowest BCUT2D eigenvalue weighted by Gasteiger charge is -2.12. The second kappa shape index (κ2) is 6.86. The van der Waals surface area contributed by atoms with Gasteiger partial charge in [-0.2, -0.15) is 0 Å². The molecule has 5 nitrogen and oxygen atoms in total. The average Bonchev–Trinajstić information content (AvgIpc) is 3.21. The lowest BCUT2D eigenvalue weighted by Crippen LogP contribution is -2.06. The Bertz CT molecular complexity index is 1000. The average molecular weight is 348 g/mol. The summed E-state index contributed by atoms with van der Waals surface area (Å²) in [4.78, 5) is 14.7. The Morgan fingerprint density at radius 1 is 1.04 bits per heavy atom. The summed E-state index contributed by atoms with van der Waals surface area (Å²) in [5.41, 5.74) is 1.90. The van der Waals surface area contributed by atoms with Gasteiger partial charge < -0.3 is 10.1 Å². The van der Waals surface area contributed by atoms with E-state index in [0.29, 0.717) is 12.4 Å². The molecule has 124 valence electrons. The Morgan fingerprint density at radius 3 is 2.80 bits per heavy atom. The maximum absolute atomic E-state index is 5.32. The molecule has 6 heteroatoms. The second-order valence-corrected chi connectivity index (χ2v) is 6.36. The summed E-state index contributed by atoms with van der Waals surface area (Å²) < 4.78 is 5.32. The first kappa shape index (κ1) is 15.5. The van der Waals surface area contributed by atoms with Gasteiger partial charge in [-0.1, -0.05) is 24.3 Å². The van der Waals surface area contributed by atoms with Gasteiger partial charge in [-0.15, -0.1) is 11.3 Å². The van der Waals surface area contributed by atoms with Crippen LogP contribution in [-0.2, 0) is 6.54 Å². The first-order valence-corrected chi connectivity index (χ1v) is 8.75. The highest BCUT2D eigenvalue weighted by Gasteiger charge is 2.11. The van der Waals surface area contributed by atoms with Gasteiger partial charge in [0, 0.05) is 23.7 Å². The summed E-state index contributed by atoms with van der Waals surface area (Å²) in [5, 5.41) is 6.44. The summed E-state index contributed by atoms with van der Waals surface area (Å²) >= 11 is 1.63.